The number of hydrogen-bond donors (Lipinski definition) is 0. The van der Waals surface area contributed by atoms with Crippen molar-refractivity contribution in [3.8, 4) is 0 Å². The van der Waals surface area contributed by atoms with Gasteiger partial charge < -0.3 is 4.90 Å². The average Bonchev–Trinajstić information content (AvgIpc) is 3.14. The van der Waals surface area contributed by atoms with Crippen LogP contribution in [0.4, 0.5) is 5.82 Å². The van der Waals surface area contributed by atoms with E-state index in [-0.39, 0.29) is 21.7 Å². The fraction of sp³-hybridized carbons (Fsp3) is 0.727. The zero-order valence-electron chi connectivity index (χ0n) is 20.5. The smallest absolute Gasteiger partial charge is 0.245 e. The van der Waals surface area contributed by atoms with E-state index in [0.29, 0.717) is 6.42 Å². The van der Waals surface area contributed by atoms with Crippen LogP contribution in [-0.2, 0) is 27.7 Å². The van der Waals surface area contributed by atoms with Gasteiger partial charge in [0.1, 0.15) is 18.0 Å². The normalized spacial score (nSPS) is 16.5. The number of piperazine rings is 1. The summed E-state index contributed by atoms with van der Waals surface area (Å²) < 4.78 is 26.2. The first-order chi connectivity index (χ1) is 14.8. The average molecular weight is 464 g/mol. The van der Waals surface area contributed by atoms with Crippen LogP contribution in [0.5, 0.6) is 0 Å². The van der Waals surface area contributed by atoms with Crippen LogP contribution < -0.4 is 4.90 Å². The van der Waals surface area contributed by atoms with Crippen molar-refractivity contribution in [1.29, 1.82) is 0 Å². The Morgan fingerprint density at radius 3 is 2.16 bits per heavy atom. The van der Waals surface area contributed by atoms with Crippen molar-refractivity contribution < 1.29 is 8.42 Å². The van der Waals surface area contributed by atoms with Gasteiger partial charge in [-0.1, -0.05) is 41.5 Å². The zero-order chi connectivity index (χ0) is 23.7. The predicted molar refractivity (Wildman–Crippen MR) is 126 cm³/mol. The van der Waals surface area contributed by atoms with Crippen LogP contribution in [0.1, 0.15) is 59.5 Å². The summed E-state index contributed by atoms with van der Waals surface area (Å²) in [7, 11) is -1.80. The quantitative estimate of drug-likeness (QED) is 0.643. The largest absolute Gasteiger partial charge is 0.354 e. The molecule has 2 aromatic heterocycles. The van der Waals surface area contributed by atoms with E-state index in [9.17, 15) is 8.42 Å². The number of hydrogen-bond acceptors (Lipinski definition) is 8. The Hall–Kier alpha value is -2.07. The molecule has 178 valence electrons. The summed E-state index contributed by atoms with van der Waals surface area (Å²) in [5.74, 6) is 1.94. The number of nitrogens with zero attached hydrogens (tertiary/aromatic N) is 7. The molecular formula is C22H37N7O2S. The van der Waals surface area contributed by atoms with Crippen LogP contribution in [0.2, 0.25) is 0 Å². The Bertz CT molecular complexity index is 995. The van der Waals surface area contributed by atoms with Gasteiger partial charge in [-0.15, -0.1) is 0 Å². The van der Waals surface area contributed by atoms with Crippen LogP contribution in [-0.4, -0.2) is 76.5 Å². The molecule has 32 heavy (non-hydrogen) atoms. The molecule has 0 unspecified atom stereocenters. The lowest BCUT2D eigenvalue weighted by atomic mass is 9.90. The van der Waals surface area contributed by atoms with Crippen LogP contribution in [0.25, 0.3) is 0 Å². The molecule has 0 aliphatic carbocycles. The molecule has 1 aliphatic heterocycles. The summed E-state index contributed by atoms with van der Waals surface area (Å²) in [6.45, 7) is 17.2. The van der Waals surface area contributed by atoms with Gasteiger partial charge >= 0.3 is 0 Å². The number of aromatic nitrogens is 5. The molecule has 0 bridgehead atoms. The van der Waals surface area contributed by atoms with E-state index >= 15 is 0 Å². The van der Waals surface area contributed by atoms with Gasteiger partial charge in [-0.25, -0.2) is 28.1 Å². The first kappa shape index (κ1) is 24.6. The van der Waals surface area contributed by atoms with Gasteiger partial charge in [0.2, 0.25) is 15.0 Å². The second-order valence-electron chi connectivity index (χ2n) is 10.6. The fourth-order valence-corrected chi connectivity index (χ4v) is 5.00. The summed E-state index contributed by atoms with van der Waals surface area (Å²) in [5, 5.41) is 3.90. The van der Waals surface area contributed by atoms with Crippen molar-refractivity contribution in [2.24, 2.45) is 7.05 Å². The topological polar surface area (TPSA) is 97.1 Å². The van der Waals surface area contributed by atoms with Gasteiger partial charge in [0.05, 0.1) is 11.4 Å². The lowest BCUT2D eigenvalue weighted by Crippen LogP contribution is -2.47. The Morgan fingerprint density at radius 2 is 1.62 bits per heavy atom. The molecule has 3 heterocycles. The molecule has 0 atom stereocenters. The van der Waals surface area contributed by atoms with Crippen LogP contribution in [0, 0.1) is 0 Å². The number of anilines is 1. The van der Waals surface area contributed by atoms with E-state index < -0.39 is 9.84 Å². The van der Waals surface area contributed by atoms with Crippen molar-refractivity contribution in [3.05, 3.63) is 23.9 Å². The molecule has 0 N–H and O–H groups in total. The molecule has 9 nitrogen and oxygen atoms in total. The van der Waals surface area contributed by atoms with E-state index in [4.69, 9.17) is 9.97 Å². The maximum Gasteiger partial charge on any atom is 0.245 e. The summed E-state index contributed by atoms with van der Waals surface area (Å²) in [5.41, 5.74) is 0.892. The molecule has 10 heteroatoms. The van der Waals surface area contributed by atoms with E-state index in [1.165, 1.54) is 11.0 Å². The van der Waals surface area contributed by atoms with E-state index in [2.05, 4.69) is 67.5 Å². The van der Waals surface area contributed by atoms with Gasteiger partial charge in [-0.05, 0) is 13.0 Å². The molecule has 3 rings (SSSR count). The Balaban J connectivity index is 1.60. The molecule has 0 saturated carbocycles. The van der Waals surface area contributed by atoms with Crippen molar-refractivity contribution in [2.75, 3.05) is 43.4 Å². The number of sulfone groups is 1. The van der Waals surface area contributed by atoms with Crippen molar-refractivity contribution in [2.45, 2.75) is 63.9 Å². The molecular weight excluding hydrogens is 426 g/mol. The monoisotopic (exact) mass is 463 g/mol. The predicted octanol–water partition coefficient (Wildman–Crippen LogP) is 2.19. The highest BCUT2D eigenvalue weighted by molar-refractivity contribution is 7.91. The third kappa shape index (κ3) is 5.83. The second kappa shape index (κ2) is 9.05. The van der Waals surface area contributed by atoms with Crippen LogP contribution >= 0.6 is 0 Å². The maximum absolute atomic E-state index is 12.5. The van der Waals surface area contributed by atoms with Gasteiger partial charge in [0, 0.05) is 50.1 Å². The van der Waals surface area contributed by atoms with E-state index in [0.717, 1.165) is 50.1 Å². The molecule has 1 saturated heterocycles. The molecule has 0 radical (unpaired) electrons. The minimum atomic E-state index is -3.40. The molecule has 2 aromatic rings. The van der Waals surface area contributed by atoms with E-state index in [1.54, 1.807) is 7.05 Å². The Labute approximate surface area is 192 Å². The minimum absolute atomic E-state index is 0.0374. The zero-order valence-corrected chi connectivity index (χ0v) is 21.3. The first-order valence-corrected chi connectivity index (χ1v) is 12.9. The Kier molecular flexibility index (Phi) is 6.95. The highest BCUT2D eigenvalue weighted by atomic mass is 32.2. The molecule has 1 aliphatic rings. The second-order valence-corrected chi connectivity index (χ2v) is 12.6. The SMILES string of the molecule is Cn1ncnc1S(=O)(=O)CCCN1CCN(c2cc(C(C)(C)C)nc(C(C)(C)C)n2)CC1. The molecule has 1 fully saturated rings. The summed E-state index contributed by atoms with van der Waals surface area (Å²) in [4.78, 5) is 18.3. The standard InChI is InChI=1S/C22H37N7O2S/c1-21(2,3)17-15-18(26-19(25-17)22(4,5)6)29-12-10-28(11-13-29)9-8-14-32(30,31)20-23-16-24-27(20)7/h15-16H,8-14H2,1-7H3. The van der Waals surface area contributed by atoms with Crippen LogP contribution in [0.15, 0.2) is 17.6 Å². The summed E-state index contributed by atoms with van der Waals surface area (Å²) in [6, 6.07) is 2.12. The minimum Gasteiger partial charge on any atom is -0.354 e. The van der Waals surface area contributed by atoms with Crippen molar-refractivity contribution >= 4 is 15.7 Å². The molecule has 0 aromatic carbocycles. The molecule has 0 amide bonds. The van der Waals surface area contributed by atoms with Crippen LogP contribution in [0.3, 0.4) is 0 Å². The Morgan fingerprint density at radius 1 is 0.969 bits per heavy atom. The highest BCUT2D eigenvalue weighted by Gasteiger charge is 2.27. The van der Waals surface area contributed by atoms with Gasteiger partial charge in [-0.3, -0.25) is 4.90 Å². The van der Waals surface area contributed by atoms with Crippen molar-refractivity contribution in [3.63, 3.8) is 0 Å². The third-order valence-electron chi connectivity index (χ3n) is 5.68. The van der Waals surface area contributed by atoms with Gasteiger partial charge in [0.15, 0.2) is 0 Å². The third-order valence-corrected chi connectivity index (χ3v) is 7.44. The van der Waals surface area contributed by atoms with Gasteiger partial charge in [0.25, 0.3) is 0 Å². The number of aryl methyl sites for hydroxylation is 1. The summed E-state index contributed by atoms with van der Waals surface area (Å²) in [6.07, 6.45) is 1.85. The van der Waals surface area contributed by atoms with Crippen molar-refractivity contribution in [1.82, 2.24) is 29.6 Å². The van der Waals surface area contributed by atoms with E-state index in [1.807, 2.05) is 0 Å². The maximum atomic E-state index is 12.5. The lowest BCUT2D eigenvalue weighted by Gasteiger charge is -2.36. The molecule has 0 spiro atoms. The lowest BCUT2D eigenvalue weighted by molar-refractivity contribution is 0.258. The number of rotatable bonds is 6. The van der Waals surface area contributed by atoms with Gasteiger partial charge in [-0.2, -0.15) is 5.10 Å². The highest BCUT2D eigenvalue weighted by Crippen LogP contribution is 2.28. The first-order valence-electron chi connectivity index (χ1n) is 11.2. The fourth-order valence-electron chi connectivity index (χ4n) is 3.65. The summed E-state index contributed by atoms with van der Waals surface area (Å²) >= 11 is 0.